The van der Waals surface area contributed by atoms with Gasteiger partial charge in [-0.05, 0) is 48.4 Å². The largest absolute Gasteiger partial charge is 0.218 e. The standard InChI is InChI=1S/C54H48O2SSi2/c55-57(56)53-33-31-49(58(37-43-19-7-1-8-20-43,38-44-21-9-2-10-22-44)39-45-23-11-3-12-24-45)35-51(53)52-36-50(32-34-54(52)57)59(40-46-25-13-4-14-26-46,41-47-27-15-5-16-28-47)42-48-29-17-6-18-30-48/h1-36H,37-42H2. The van der Waals surface area contributed by atoms with E-state index in [1.165, 1.54) is 43.8 Å². The highest BCUT2D eigenvalue weighted by Gasteiger charge is 2.42. The van der Waals surface area contributed by atoms with Crippen LogP contribution >= 0.6 is 0 Å². The van der Waals surface area contributed by atoms with Gasteiger partial charge in [0.15, 0.2) is 0 Å². The van der Waals surface area contributed by atoms with Crippen LogP contribution in [-0.4, -0.2) is 24.6 Å². The molecule has 8 aromatic carbocycles. The summed E-state index contributed by atoms with van der Waals surface area (Å²) in [4.78, 5) is 0.855. The van der Waals surface area contributed by atoms with Crippen LogP contribution in [0.25, 0.3) is 11.1 Å². The first-order valence-electron chi connectivity index (χ1n) is 20.7. The van der Waals surface area contributed by atoms with Crippen LogP contribution in [0.3, 0.4) is 0 Å². The predicted octanol–water partition coefficient (Wildman–Crippen LogP) is 10.5. The molecule has 2 nitrogen and oxygen atoms in total. The van der Waals surface area contributed by atoms with E-state index in [4.69, 9.17) is 0 Å². The number of rotatable bonds is 14. The van der Waals surface area contributed by atoms with Crippen molar-refractivity contribution in [2.45, 2.75) is 46.1 Å². The van der Waals surface area contributed by atoms with Crippen molar-refractivity contribution >= 4 is 36.4 Å². The van der Waals surface area contributed by atoms with Crippen LogP contribution in [0.2, 0.25) is 0 Å². The van der Waals surface area contributed by atoms with E-state index in [1.807, 2.05) is 12.1 Å². The second-order valence-electron chi connectivity index (χ2n) is 16.5. The normalized spacial score (nSPS) is 13.1. The minimum atomic E-state index is -3.71. The van der Waals surface area contributed by atoms with Gasteiger partial charge in [0.1, 0.15) is 0 Å². The number of hydrogen-bond acceptors (Lipinski definition) is 2. The smallest absolute Gasteiger partial charge is 0.207 e. The summed E-state index contributed by atoms with van der Waals surface area (Å²) in [5, 5.41) is 2.59. The molecule has 59 heavy (non-hydrogen) atoms. The van der Waals surface area contributed by atoms with Crippen LogP contribution < -0.4 is 10.4 Å². The van der Waals surface area contributed by atoms with E-state index in [9.17, 15) is 8.42 Å². The summed E-state index contributed by atoms with van der Waals surface area (Å²) in [5.41, 5.74) is 9.63. The van der Waals surface area contributed by atoms with Gasteiger partial charge in [-0.15, -0.1) is 0 Å². The first kappa shape index (κ1) is 38.7. The van der Waals surface area contributed by atoms with Crippen molar-refractivity contribution in [3.05, 3.63) is 252 Å². The maximum absolute atomic E-state index is 14.6. The second kappa shape index (κ2) is 16.8. The van der Waals surface area contributed by atoms with Crippen LogP contribution in [0, 0.1) is 0 Å². The van der Waals surface area contributed by atoms with Crippen molar-refractivity contribution < 1.29 is 8.42 Å². The first-order valence-corrected chi connectivity index (χ1v) is 27.4. The third kappa shape index (κ3) is 8.24. The van der Waals surface area contributed by atoms with Gasteiger partial charge >= 0.3 is 0 Å². The molecule has 0 radical (unpaired) electrons. The first-order chi connectivity index (χ1) is 28.9. The molecule has 5 heteroatoms. The number of fused-ring (bicyclic) bond motifs is 3. The Labute approximate surface area is 351 Å². The zero-order valence-corrected chi connectivity index (χ0v) is 36.1. The van der Waals surface area contributed by atoms with Crippen LogP contribution in [-0.2, 0) is 46.1 Å². The van der Waals surface area contributed by atoms with Crippen molar-refractivity contribution in [1.29, 1.82) is 0 Å². The lowest BCUT2D eigenvalue weighted by Gasteiger charge is -2.34. The van der Waals surface area contributed by atoms with Gasteiger partial charge in [0.2, 0.25) is 9.84 Å². The van der Waals surface area contributed by atoms with E-state index in [2.05, 4.69) is 206 Å². The average Bonchev–Trinajstić information content (AvgIpc) is 3.50. The monoisotopic (exact) mass is 816 g/mol. The van der Waals surface area contributed by atoms with E-state index >= 15 is 0 Å². The number of sulfone groups is 1. The Balaban J connectivity index is 1.24. The molecule has 1 aliphatic rings. The van der Waals surface area contributed by atoms with E-state index in [0.29, 0.717) is 9.79 Å². The second-order valence-corrected chi connectivity index (χ2v) is 26.7. The van der Waals surface area contributed by atoms with Crippen LogP contribution in [0.4, 0.5) is 0 Å². The minimum Gasteiger partial charge on any atom is -0.218 e. The van der Waals surface area contributed by atoms with Gasteiger partial charge in [-0.1, -0.05) is 250 Å². The Kier molecular flexibility index (Phi) is 11.0. The van der Waals surface area contributed by atoms with E-state index in [1.54, 1.807) is 0 Å². The van der Waals surface area contributed by atoms with E-state index < -0.39 is 26.0 Å². The van der Waals surface area contributed by atoms with Crippen molar-refractivity contribution in [2.75, 3.05) is 0 Å². The average molecular weight is 817 g/mol. The zero-order chi connectivity index (χ0) is 40.1. The molecule has 290 valence electrons. The maximum atomic E-state index is 14.6. The molecule has 1 aliphatic heterocycles. The molecular weight excluding hydrogens is 769 g/mol. The van der Waals surface area contributed by atoms with Gasteiger partial charge in [-0.3, -0.25) is 0 Å². The van der Waals surface area contributed by atoms with E-state index in [0.717, 1.165) is 47.4 Å². The minimum absolute atomic E-state index is 0.428. The van der Waals surface area contributed by atoms with Crippen LogP contribution in [0.1, 0.15) is 33.4 Å². The fourth-order valence-electron chi connectivity index (χ4n) is 9.63. The topological polar surface area (TPSA) is 34.1 Å². The third-order valence-electron chi connectivity index (χ3n) is 12.4. The lowest BCUT2D eigenvalue weighted by Crippen LogP contribution is -2.55. The summed E-state index contributed by atoms with van der Waals surface area (Å²) in [7, 11) is -8.70. The summed E-state index contributed by atoms with van der Waals surface area (Å²) in [6.07, 6.45) is 0. The van der Waals surface area contributed by atoms with Gasteiger partial charge < -0.3 is 0 Å². The molecule has 0 aliphatic carbocycles. The van der Waals surface area contributed by atoms with E-state index in [-0.39, 0.29) is 0 Å². The fraction of sp³-hybridized carbons (Fsp3) is 0.111. The summed E-state index contributed by atoms with van der Waals surface area (Å²) in [6.45, 7) is 0. The Hall–Kier alpha value is -5.86. The molecule has 0 bridgehead atoms. The molecule has 8 aromatic rings. The number of benzene rings is 8. The quantitative estimate of drug-likeness (QED) is 0.102. The molecule has 1 heterocycles. The Morgan fingerprint density at radius 3 is 0.729 bits per heavy atom. The zero-order valence-electron chi connectivity index (χ0n) is 33.3. The Morgan fingerprint density at radius 1 is 0.288 bits per heavy atom. The molecule has 0 atom stereocenters. The molecule has 0 spiro atoms. The lowest BCUT2D eigenvalue weighted by atomic mass is 10.1. The third-order valence-corrected chi connectivity index (χ3v) is 23.8. The molecule has 0 fully saturated rings. The van der Waals surface area contributed by atoms with Crippen molar-refractivity contribution in [1.82, 2.24) is 0 Å². The van der Waals surface area contributed by atoms with Gasteiger partial charge in [0.25, 0.3) is 0 Å². The maximum Gasteiger partial charge on any atom is 0.207 e. The highest BCUT2D eigenvalue weighted by Crippen LogP contribution is 2.43. The summed E-state index contributed by atoms with van der Waals surface area (Å²) >= 11 is 0. The summed E-state index contributed by atoms with van der Waals surface area (Å²) in [6, 6.07) is 83.8. The van der Waals surface area contributed by atoms with Gasteiger partial charge in [-0.2, -0.15) is 0 Å². The van der Waals surface area contributed by atoms with Crippen LogP contribution in [0.5, 0.6) is 0 Å². The fourth-order valence-corrected chi connectivity index (χ4v) is 21.1. The molecular formula is C54H48O2SSi2. The predicted molar refractivity (Wildman–Crippen MR) is 249 cm³/mol. The lowest BCUT2D eigenvalue weighted by molar-refractivity contribution is 0.598. The summed E-state index contributed by atoms with van der Waals surface area (Å²) < 4.78 is 29.1. The van der Waals surface area contributed by atoms with Gasteiger partial charge in [0, 0.05) is 11.1 Å². The molecule has 0 aromatic heterocycles. The molecule has 9 rings (SSSR count). The van der Waals surface area contributed by atoms with Gasteiger partial charge in [0.05, 0.1) is 25.9 Å². The Bertz CT molecular complexity index is 2370. The highest BCUT2D eigenvalue weighted by atomic mass is 32.2. The van der Waals surface area contributed by atoms with Crippen LogP contribution in [0.15, 0.2) is 228 Å². The Morgan fingerprint density at radius 2 is 0.508 bits per heavy atom. The van der Waals surface area contributed by atoms with Crippen molar-refractivity contribution in [3.63, 3.8) is 0 Å². The molecule has 0 saturated heterocycles. The van der Waals surface area contributed by atoms with Gasteiger partial charge in [-0.25, -0.2) is 8.42 Å². The summed E-state index contributed by atoms with van der Waals surface area (Å²) in [5.74, 6) is 0. The molecule has 0 N–H and O–H groups in total. The molecule has 0 unspecified atom stereocenters. The molecule has 0 amide bonds. The SMILES string of the molecule is O=S1(=O)c2ccc([Si](Cc3ccccc3)(Cc3ccccc3)Cc3ccccc3)cc2-c2cc([Si](Cc3ccccc3)(Cc3ccccc3)Cc3ccccc3)ccc21. The molecule has 0 saturated carbocycles. The van der Waals surface area contributed by atoms with Crippen molar-refractivity contribution in [3.8, 4) is 11.1 Å². The van der Waals surface area contributed by atoms with Crippen molar-refractivity contribution in [2.24, 2.45) is 0 Å². The number of hydrogen-bond donors (Lipinski definition) is 0. The highest BCUT2D eigenvalue weighted by molar-refractivity contribution is 7.92.